The fraction of sp³-hybridized carbons (Fsp3) is 0.250. The van der Waals surface area contributed by atoms with Gasteiger partial charge in [-0.05, 0) is 17.7 Å². The van der Waals surface area contributed by atoms with E-state index in [9.17, 15) is 0 Å². The van der Waals surface area contributed by atoms with Crippen LogP contribution >= 0.6 is 11.8 Å². The zero-order chi connectivity index (χ0) is 12.6. The largest absolute Gasteiger partial charge is 0.330 e. The van der Waals surface area contributed by atoms with Crippen LogP contribution in [0.3, 0.4) is 0 Å². The number of benzene rings is 2. The first-order valence-corrected chi connectivity index (χ1v) is 7.42. The van der Waals surface area contributed by atoms with Crippen LogP contribution in [0.15, 0.2) is 60.7 Å². The Morgan fingerprint density at radius 1 is 0.889 bits per heavy atom. The normalized spacial score (nSPS) is 12.3. The lowest BCUT2D eigenvalue weighted by Crippen LogP contribution is -2.14. The summed E-state index contributed by atoms with van der Waals surface area (Å²) in [5, 5.41) is 0. The van der Waals surface area contributed by atoms with E-state index in [1.54, 1.807) is 0 Å². The Bertz CT molecular complexity index is 441. The van der Waals surface area contributed by atoms with Gasteiger partial charge in [-0.1, -0.05) is 60.7 Å². The second kappa shape index (κ2) is 7.24. The number of hydrogen-bond acceptors (Lipinski definition) is 2. The number of nitrogens with two attached hydrogens (primary N) is 1. The second-order valence-electron chi connectivity index (χ2n) is 4.34. The van der Waals surface area contributed by atoms with Crippen LogP contribution in [0.1, 0.15) is 17.0 Å². The van der Waals surface area contributed by atoms with E-state index in [0.717, 1.165) is 11.5 Å². The Morgan fingerprint density at radius 2 is 1.50 bits per heavy atom. The highest BCUT2D eigenvalue weighted by Crippen LogP contribution is 2.22. The van der Waals surface area contributed by atoms with Gasteiger partial charge in [0.25, 0.3) is 0 Å². The first-order valence-electron chi connectivity index (χ1n) is 6.27. The van der Waals surface area contributed by atoms with Crippen LogP contribution in [-0.4, -0.2) is 12.3 Å². The minimum Gasteiger partial charge on any atom is -0.330 e. The number of thioether (sulfide) groups is 1. The third-order valence-electron chi connectivity index (χ3n) is 2.99. The molecule has 0 aliphatic carbocycles. The lowest BCUT2D eigenvalue weighted by atomic mass is 10.0. The van der Waals surface area contributed by atoms with Gasteiger partial charge >= 0.3 is 0 Å². The molecule has 2 rings (SSSR count). The minimum atomic E-state index is 0.458. The quantitative estimate of drug-likeness (QED) is 0.854. The van der Waals surface area contributed by atoms with E-state index < -0.39 is 0 Å². The van der Waals surface area contributed by atoms with Crippen molar-refractivity contribution in [2.24, 2.45) is 5.73 Å². The van der Waals surface area contributed by atoms with Gasteiger partial charge < -0.3 is 5.73 Å². The van der Waals surface area contributed by atoms with Gasteiger partial charge in [-0.2, -0.15) is 11.8 Å². The molecule has 0 saturated carbocycles. The molecule has 0 aliphatic heterocycles. The Balaban J connectivity index is 1.85. The molecule has 2 N–H and O–H groups in total. The van der Waals surface area contributed by atoms with E-state index in [4.69, 9.17) is 5.73 Å². The summed E-state index contributed by atoms with van der Waals surface area (Å²) in [5.74, 6) is 2.60. The molecule has 0 aromatic heterocycles. The predicted molar refractivity (Wildman–Crippen MR) is 80.8 cm³/mol. The standard InChI is InChI=1S/C16H19NS/c17-11-16(15-9-5-2-6-10-15)13-18-12-14-7-3-1-4-8-14/h1-10,16H,11-13,17H2. The summed E-state index contributed by atoms with van der Waals surface area (Å²) >= 11 is 1.95. The van der Waals surface area contributed by atoms with Crippen molar-refractivity contribution in [2.45, 2.75) is 11.7 Å². The van der Waals surface area contributed by atoms with E-state index in [1.165, 1.54) is 11.1 Å². The van der Waals surface area contributed by atoms with Gasteiger partial charge in [-0.25, -0.2) is 0 Å². The maximum absolute atomic E-state index is 5.87. The fourth-order valence-electron chi connectivity index (χ4n) is 1.92. The topological polar surface area (TPSA) is 26.0 Å². The minimum absolute atomic E-state index is 0.458. The highest BCUT2D eigenvalue weighted by molar-refractivity contribution is 7.98. The summed E-state index contributed by atoms with van der Waals surface area (Å²) in [7, 11) is 0. The molecule has 2 aromatic carbocycles. The van der Waals surface area contributed by atoms with Gasteiger partial charge in [-0.15, -0.1) is 0 Å². The van der Waals surface area contributed by atoms with Crippen molar-refractivity contribution >= 4 is 11.8 Å². The van der Waals surface area contributed by atoms with Gasteiger partial charge in [-0.3, -0.25) is 0 Å². The molecule has 0 saturated heterocycles. The molecule has 1 nitrogen and oxygen atoms in total. The molecule has 94 valence electrons. The first-order chi connectivity index (χ1) is 8.90. The molecule has 0 radical (unpaired) electrons. The molecule has 1 unspecified atom stereocenters. The van der Waals surface area contributed by atoms with E-state index in [1.807, 2.05) is 17.8 Å². The second-order valence-corrected chi connectivity index (χ2v) is 5.37. The molecular weight excluding hydrogens is 238 g/mol. The van der Waals surface area contributed by atoms with Crippen LogP contribution in [0, 0.1) is 0 Å². The van der Waals surface area contributed by atoms with Crippen LogP contribution in [-0.2, 0) is 5.75 Å². The van der Waals surface area contributed by atoms with E-state index in [0.29, 0.717) is 12.5 Å². The smallest absolute Gasteiger partial charge is 0.0184 e. The van der Waals surface area contributed by atoms with Gasteiger partial charge in [0.1, 0.15) is 0 Å². The van der Waals surface area contributed by atoms with Crippen molar-refractivity contribution in [1.29, 1.82) is 0 Å². The zero-order valence-corrected chi connectivity index (χ0v) is 11.3. The molecule has 0 amide bonds. The first kappa shape index (κ1) is 13.2. The fourth-order valence-corrected chi connectivity index (χ4v) is 3.08. The lowest BCUT2D eigenvalue weighted by molar-refractivity contribution is 0.785. The van der Waals surface area contributed by atoms with Crippen molar-refractivity contribution in [2.75, 3.05) is 12.3 Å². The van der Waals surface area contributed by atoms with Gasteiger partial charge in [0.2, 0.25) is 0 Å². The third kappa shape index (κ3) is 3.90. The predicted octanol–water partition coefficient (Wildman–Crippen LogP) is 3.66. The van der Waals surface area contributed by atoms with Crippen molar-refractivity contribution < 1.29 is 0 Å². The molecular formula is C16H19NS. The summed E-state index contributed by atoms with van der Waals surface area (Å²) < 4.78 is 0. The van der Waals surface area contributed by atoms with Crippen molar-refractivity contribution in [1.82, 2.24) is 0 Å². The molecule has 0 fully saturated rings. The summed E-state index contributed by atoms with van der Waals surface area (Å²) in [6, 6.07) is 21.1. The average molecular weight is 257 g/mol. The third-order valence-corrected chi connectivity index (χ3v) is 4.16. The molecule has 1 atom stereocenters. The maximum Gasteiger partial charge on any atom is 0.0184 e. The molecule has 2 aromatic rings. The molecule has 18 heavy (non-hydrogen) atoms. The van der Waals surface area contributed by atoms with Crippen LogP contribution in [0.5, 0.6) is 0 Å². The van der Waals surface area contributed by atoms with Crippen molar-refractivity contribution in [3.05, 3.63) is 71.8 Å². The maximum atomic E-state index is 5.87. The number of rotatable bonds is 6. The SMILES string of the molecule is NCC(CSCc1ccccc1)c1ccccc1. The van der Waals surface area contributed by atoms with Crippen molar-refractivity contribution in [3.8, 4) is 0 Å². The molecule has 0 bridgehead atoms. The van der Waals surface area contributed by atoms with Gasteiger partial charge in [0.05, 0.1) is 0 Å². The summed E-state index contributed by atoms with van der Waals surface area (Å²) in [6.45, 7) is 0.714. The van der Waals surface area contributed by atoms with Gasteiger partial charge in [0, 0.05) is 17.4 Å². The summed E-state index contributed by atoms with van der Waals surface area (Å²) in [4.78, 5) is 0. The van der Waals surface area contributed by atoms with Crippen molar-refractivity contribution in [3.63, 3.8) is 0 Å². The van der Waals surface area contributed by atoms with E-state index in [2.05, 4.69) is 54.6 Å². The summed E-state index contributed by atoms with van der Waals surface area (Å²) in [5.41, 5.74) is 8.60. The molecule has 0 aliphatic rings. The van der Waals surface area contributed by atoms with E-state index >= 15 is 0 Å². The van der Waals surface area contributed by atoms with Crippen LogP contribution in [0.25, 0.3) is 0 Å². The zero-order valence-electron chi connectivity index (χ0n) is 10.5. The highest BCUT2D eigenvalue weighted by atomic mass is 32.2. The molecule has 2 heteroatoms. The van der Waals surface area contributed by atoms with Crippen LogP contribution < -0.4 is 5.73 Å². The Kier molecular flexibility index (Phi) is 5.31. The monoisotopic (exact) mass is 257 g/mol. The molecule has 0 heterocycles. The Labute approximate surface area is 113 Å². The Morgan fingerprint density at radius 3 is 2.11 bits per heavy atom. The molecule has 0 spiro atoms. The lowest BCUT2D eigenvalue weighted by Gasteiger charge is -2.14. The van der Waals surface area contributed by atoms with Crippen LogP contribution in [0.4, 0.5) is 0 Å². The van der Waals surface area contributed by atoms with E-state index in [-0.39, 0.29) is 0 Å². The average Bonchev–Trinajstić information content (AvgIpc) is 2.46. The number of hydrogen-bond donors (Lipinski definition) is 1. The Hall–Kier alpha value is -1.25. The van der Waals surface area contributed by atoms with Gasteiger partial charge in [0.15, 0.2) is 0 Å². The summed E-state index contributed by atoms with van der Waals surface area (Å²) in [6.07, 6.45) is 0. The van der Waals surface area contributed by atoms with Crippen LogP contribution in [0.2, 0.25) is 0 Å². The highest BCUT2D eigenvalue weighted by Gasteiger charge is 2.08.